The number of morpholine rings is 2. The number of carbonyl (C=O) groups excluding carboxylic acids is 2. The molecule has 0 aromatic heterocycles. The Labute approximate surface area is 276 Å². The van der Waals surface area contributed by atoms with Crippen molar-refractivity contribution in [2.45, 2.75) is 65.2 Å². The zero-order valence-corrected chi connectivity index (χ0v) is 28.3. The molecule has 0 radical (unpaired) electrons. The summed E-state index contributed by atoms with van der Waals surface area (Å²) in [7, 11) is 0. The maximum Gasteiger partial charge on any atom is 0.167 e. The number of ketones is 2. The predicted octanol–water partition coefficient (Wildman–Crippen LogP) is 6.57. The minimum Gasteiger partial charge on any atom is -0.494 e. The molecule has 2 aliphatic heterocycles. The van der Waals surface area contributed by atoms with E-state index in [-0.39, 0.29) is 23.4 Å². The number of hydrogen-bond donors (Lipinski definition) is 0. The van der Waals surface area contributed by atoms with Crippen LogP contribution in [0.4, 0.5) is 0 Å². The summed E-state index contributed by atoms with van der Waals surface area (Å²) < 4.78 is 22.9. The van der Waals surface area contributed by atoms with Gasteiger partial charge >= 0.3 is 0 Å². The van der Waals surface area contributed by atoms with E-state index in [2.05, 4.69) is 23.6 Å². The molecule has 2 fully saturated rings. The molecule has 2 aromatic rings. The van der Waals surface area contributed by atoms with Crippen LogP contribution in [0.1, 0.15) is 85.9 Å². The normalized spacial score (nSPS) is 17.3. The van der Waals surface area contributed by atoms with Crippen LogP contribution in [0.5, 0.6) is 11.5 Å². The summed E-state index contributed by atoms with van der Waals surface area (Å²) in [5.41, 5.74) is 1.40. The van der Waals surface area contributed by atoms with E-state index in [9.17, 15) is 9.59 Å². The van der Waals surface area contributed by atoms with Crippen LogP contribution in [-0.2, 0) is 9.47 Å². The molecule has 0 unspecified atom stereocenters. The van der Waals surface area contributed by atoms with Gasteiger partial charge in [0.05, 0.1) is 39.6 Å². The van der Waals surface area contributed by atoms with Gasteiger partial charge in [0, 0.05) is 62.2 Å². The van der Waals surface area contributed by atoms with E-state index in [4.69, 9.17) is 18.9 Å². The van der Waals surface area contributed by atoms with E-state index < -0.39 is 0 Å². The third kappa shape index (κ3) is 12.1. The first-order valence-corrected chi connectivity index (χ1v) is 17.7. The minimum absolute atomic E-state index is 0.131. The second-order valence-corrected chi connectivity index (χ2v) is 12.7. The first kappa shape index (κ1) is 36.1. The van der Waals surface area contributed by atoms with E-state index in [0.29, 0.717) is 76.7 Å². The Kier molecular flexibility index (Phi) is 16.0. The summed E-state index contributed by atoms with van der Waals surface area (Å²) in [5, 5.41) is 0. The number of nitrogens with zero attached hydrogens (tertiary/aromatic N) is 2. The molecule has 0 saturated carbocycles. The van der Waals surface area contributed by atoms with Crippen LogP contribution in [0.2, 0.25) is 0 Å². The fourth-order valence-corrected chi connectivity index (χ4v) is 6.19. The summed E-state index contributed by atoms with van der Waals surface area (Å²) in [6.07, 6.45) is 7.94. The molecule has 2 saturated heterocycles. The molecule has 0 aliphatic carbocycles. The van der Waals surface area contributed by atoms with Crippen LogP contribution in [0.25, 0.3) is 0 Å². The predicted molar refractivity (Wildman–Crippen MR) is 182 cm³/mol. The van der Waals surface area contributed by atoms with Crippen molar-refractivity contribution in [3.8, 4) is 11.5 Å². The average molecular weight is 637 g/mol. The number of carbonyl (C=O) groups is 2. The van der Waals surface area contributed by atoms with E-state index >= 15 is 0 Å². The molecule has 2 atom stereocenters. The molecule has 4 rings (SSSR count). The van der Waals surface area contributed by atoms with Gasteiger partial charge in [-0.15, -0.1) is 0 Å². The van der Waals surface area contributed by atoms with Crippen LogP contribution in [-0.4, -0.2) is 100 Å². The van der Waals surface area contributed by atoms with E-state index in [1.54, 1.807) is 0 Å². The number of hydrogen-bond acceptors (Lipinski definition) is 8. The lowest BCUT2D eigenvalue weighted by Gasteiger charge is -2.32. The summed E-state index contributed by atoms with van der Waals surface area (Å²) in [6.45, 7) is 13.1. The quantitative estimate of drug-likeness (QED) is 0.113. The van der Waals surface area contributed by atoms with Crippen molar-refractivity contribution >= 4 is 11.6 Å². The van der Waals surface area contributed by atoms with E-state index in [1.807, 2.05) is 48.5 Å². The third-order valence-electron chi connectivity index (χ3n) is 9.08. The van der Waals surface area contributed by atoms with Gasteiger partial charge in [0.15, 0.2) is 11.6 Å². The highest BCUT2D eigenvalue weighted by atomic mass is 16.5. The smallest absolute Gasteiger partial charge is 0.167 e. The van der Waals surface area contributed by atoms with Gasteiger partial charge in [-0.25, -0.2) is 0 Å². The molecular weight excluding hydrogens is 580 g/mol. The first-order chi connectivity index (χ1) is 22.6. The summed E-state index contributed by atoms with van der Waals surface area (Å²) >= 11 is 0. The first-order valence-electron chi connectivity index (χ1n) is 17.7. The van der Waals surface area contributed by atoms with Crippen molar-refractivity contribution in [1.29, 1.82) is 0 Å². The van der Waals surface area contributed by atoms with Crippen LogP contribution in [0.3, 0.4) is 0 Å². The van der Waals surface area contributed by atoms with Crippen LogP contribution >= 0.6 is 0 Å². The zero-order valence-electron chi connectivity index (χ0n) is 28.3. The monoisotopic (exact) mass is 636 g/mol. The summed E-state index contributed by atoms with van der Waals surface area (Å²) in [4.78, 5) is 32.7. The Morgan fingerprint density at radius 3 is 1.33 bits per heavy atom. The molecule has 8 nitrogen and oxygen atoms in total. The maximum atomic E-state index is 14.0. The van der Waals surface area contributed by atoms with Crippen LogP contribution in [0.15, 0.2) is 48.5 Å². The molecule has 2 aliphatic rings. The highest BCUT2D eigenvalue weighted by Gasteiger charge is 2.29. The molecule has 8 heteroatoms. The number of ether oxygens (including phenoxy) is 4. The molecule has 0 spiro atoms. The van der Waals surface area contributed by atoms with Crippen molar-refractivity contribution in [3.05, 3.63) is 59.7 Å². The summed E-state index contributed by atoms with van der Waals surface area (Å²) in [5.74, 6) is 1.43. The molecule has 0 amide bonds. The van der Waals surface area contributed by atoms with E-state index in [1.165, 1.54) is 0 Å². The van der Waals surface area contributed by atoms with Gasteiger partial charge in [-0.1, -0.05) is 39.5 Å². The molecular formula is C38H56N2O6. The van der Waals surface area contributed by atoms with Gasteiger partial charge in [0.2, 0.25) is 0 Å². The number of unbranched alkanes of at least 4 members (excludes halogenated alkanes) is 4. The SMILES string of the molecule is CCCCCOc1ccc(C(=O)[C@@H](CC[C@@H](CN2CCOCC2)C(=O)c2ccc(OCCCCC)cc2)CN2CCOCC2)cc1. The molecule has 46 heavy (non-hydrogen) atoms. The largest absolute Gasteiger partial charge is 0.494 e. The molecule has 2 aromatic carbocycles. The van der Waals surface area contributed by atoms with Crippen molar-refractivity contribution in [1.82, 2.24) is 9.80 Å². The lowest BCUT2D eigenvalue weighted by molar-refractivity contribution is 0.0254. The molecule has 0 bridgehead atoms. The lowest BCUT2D eigenvalue weighted by Crippen LogP contribution is -2.42. The van der Waals surface area contributed by atoms with Crippen LogP contribution in [0, 0.1) is 11.8 Å². The highest BCUT2D eigenvalue weighted by Crippen LogP contribution is 2.25. The van der Waals surface area contributed by atoms with E-state index in [0.717, 1.165) is 76.2 Å². The summed E-state index contributed by atoms with van der Waals surface area (Å²) in [6, 6.07) is 15.2. The van der Waals surface area contributed by atoms with Gasteiger partial charge < -0.3 is 18.9 Å². The van der Waals surface area contributed by atoms with Gasteiger partial charge in [-0.2, -0.15) is 0 Å². The van der Waals surface area contributed by atoms with Gasteiger partial charge in [0.1, 0.15) is 11.5 Å². The molecule has 0 N–H and O–H groups in total. The maximum absolute atomic E-state index is 14.0. The number of rotatable bonds is 21. The van der Waals surface area contributed by atoms with Gasteiger partial charge in [-0.05, 0) is 74.2 Å². The number of benzene rings is 2. The second-order valence-electron chi connectivity index (χ2n) is 12.7. The van der Waals surface area contributed by atoms with Gasteiger partial charge in [0.25, 0.3) is 0 Å². The van der Waals surface area contributed by atoms with Crippen LogP contribution < -0.4 is 9.47 Å². The number of Topliss-reactive ketones (excluding diaryl/α,β-unsaturated/α-hetero) is 2. The Bertz CT molecular complexity index is 1050. The topological polar surface area (TPSA) is 77.5 Å². The Hall–Kier alpha value is -2.78. The average Bonchev–Trinajstić information content (AvgIpc) is 3.10. The van der Waals surface area contributed by atoms with Crippen molar-refractivity contribution in [2.24, 2.45) is 11.8 Å². The standard InChI is InChI=1S/C38H56N2O6/c1-3-5-7-23-45-35-15-11-31(12-16-35)37(41)33(29-39-19-25-43-26-20-39)9-10-34(30-40-21-27-44-28-22-40)38(42)32-13-17-36(18-14-32)46-24-8-6-4-2/h11-18,33-34H,3-10,19-30H2,1-2H3/t33-,34-/m0/s1. The Morgan fingerprint density at radius 2 is 0.978 bits per heavy atom. The second kappa shape index (κ2) is 20.5. The Morgan fingerprint density at radius 1 is 0.609 bits per heavy atom. The van der Waals surface area contributed by atoms with Gasteiger partial charge in [-0.3, -0.25) is 19.4 Å². The molecule has 254 valence electrons. The lowest BCUT2D eigenvalue weighted by atomic mass is 9.86. The fraction of sp³-hybridized carbons (Fsp3) is 0.632. The minimum atomic E-state index is -0.215. The fourth-order valence-electron chi connectivity index (χ4n) is 6.19. The molecule has 2 heterocycles. The highest BCUT2D eigenvalue weighted by molar-refractivity contribution is 5.99. The van der Waals surface area contributed by atoms with Crippen molar-refractivity contribution < 1.29 is 28.5 Å². The third-order valence-corrected chi connectivity index (χ3v) is 9.08. The van der Waals surface area contributed by atoms with Crippen molar-refractivity contribution in [3.63, 3.8) is 0 Å². The zero-order chi connectivity index (χ0) is 32.4. The Balaban J connectivity index is 1.45. The van der Waals surface area contributed by atoms with Crippen molar-refractivity contribution in [2.75, 3.05) is 78.9 Å².